The third-order valence-corrected chi connectivity index (χ3v) is 3.84. The number of aliphatic carboxylic acids is 1. The van der Waals surface area contributed by atoms with Gasteiger partial charge in [-0.2, -0.15) is 0 Å². The first kappa shape index (κ1) is 16.5. The first-order valence-electron chi connectivity index (χ1n) is 6.24. The van der Waals surface area contributed by atoms with Crippen molar-refractivity contribution in [2.24, 2.45) is 0 Å². The molecule has 9 nitrogen and oxygen atoms in total. The topological polar surface area (TPSA) is 138 Å². The van der Waals surface area contributed by atoms with Gasteiger partial charge in [0, 0.05) is 24.2 Å². The van der Waals surface area contributed by atoms with Crippen LogP contribution in [-0.2, 0) is 9.59 Å². The molecule has 120 valence electrons. The minimum atomic E-state index is -1.15. The summed E-state index contributed by atoms with van der Waals surface area (Å²) in [7, 11) is 0. The van der Waals surface area contributed by atoms with Crippen molar-refractivity contribution in [1.29, 1.82) is 0 Å². The van der Waals surface area contributed by atoms with Crippen molar-refractivity contribution in [2.75, 3.05) is 6.54 Å². The molecule has 0 radical (unpaired) electrons. The molecule has 23 heavy (non-hydrogen) atoms. The highest BCUT2D eigenvalue weighted by molar-refractivity contribution is 8.18. The molecule has 1 aliphatic heterocycles. The van der Waals surface area contributed by atoms with Gasteiger partial charge in [0.05, 0.1) is 16.2 Å². The van der Waals surface area contributed by atoms with Crippen molar-refractivity contribution < 1.29 is 29.5 Å². The predicted octanol–water partition coefficient (Wildman–Crippen LogP) is 1.81. The number of hydrogen-bond acceptors (Lipinski definition) is 7. The molecule has 1 saturated heterocycles. The number of amides is 2. The number of carbonyl (C=O) groups excluding carboxylic acids is 2. The number of phenolic OH excluding ortho intramolecular Hbond substituents is 1. The van der Waals surface area contributed by atoms with Crippen LogP contribution in [0.3, 0.4) is 0 Å². The van der Waals surface area contributed by atoms with E-state index in [2.05, 4.69) is 0 Å². The maximum Gasteiger partial charge on any atom is 0.305 e. The van der Waals surface area contributed by atoms with Crippen molar-refractivity contribution in [1.82, 2.24) is 4.90 Å². The largest absolute Gasteiger partial charge is 0.507 e. The zero-order valence-electron chi connectivity index (χ0n) is 11.5. The minimum Gasteiger partial charge on any atom is -0.507 e. The number of nitro groups is 1. The average Bonchev–Trinajstić information content (AvgIpc) is 2.73. The lowest BCUT2D eigenvalue weighted by molar-refractivity contribution is -0.384. The summed E-state index contributed by atoms with van der Waals surface area (Å²) in [6.07, 6.45) is 0.779. The second kappa shape index (κ2) is 6.48. The molecule has 10 heteroatoms. The third kappa shape index (κ3) is 3.66. The summed E-state index contributed by atoms with van der Waals surface area (Å²) in [6.45, 7) is -0.266. The summed E-state index contributed by atoms with van der Waals surface area (Å²) >= 11 is 0.576. The smallest absolute Gasteiger partial charge is 0.305 e. The Hall–Kier alpha value is -2.88. The molecule has 0 saturated carbocycles. The van der Waals surface area contributed by atoms with Crippen LogP contribution in [0.15, 0.2) is 23.1 Å². The zero-order chi connectivity index (χ0) is 17.1. The van der Waals surface area contributed by atoms with E-state index in [0.717, 1.165) is 29.2 Å². The fourth-order valence-electron chi connectivity index (χ4n) is 1.81. The zero-order valence-corrected chi connectivity index (χ0v) is 12.3. The Kier molecular flexibility index (Phi) is 4.65. The number of aromatic hydroxyl groups is 1. The van der Waals surface area contributed by atoms with Crippen LogP contribution < -0.4 is 0 Å². The Morgan fingerprint density at radius 2 is 2.09 bits per heavy atom. The molecule has 0 atom stereocenters. The molecule has 0 aliphatic carbocycles. The number of nitrogens with zero attached hydrogens (tertiary/aromatic N) is 2. The van der Waals surface area contributed by atoms with E-state index < -0.39 is 22.0 Å². The Balaban J connectivity index is 2.28. The number of carboxylic acid groups (broad SMARTS) is 1. The highest BCUT2D eigenvalue weighted by Gasteiger charge is 2.35. The van der Waals surface area contributed by atoms with Crippen LogP contribution in [0.25, 0.3) is 6.08 Å². The molecule has 2 rings (SSSR count). The fourth-order valence-corrected chi connectivity index (χ4v) is 2.67. The molecular weight excluding hydrogens is 328 g/mol. The van der Waals surface area contributed by atoms with Gasteiger partial charge in [-0.05, 0) is 23.9 Å². The summed E-state index contributed by atoms with van der Waals surface area (Å²) in [5.74, 6) is -2.13. The van der Waals surface area contributed by atoms with Crippen LogP contribution in [-0.4, -0.2) is 43.7 Å². The molecular formula is C13H10N2O7S. The summed E-state index contributed by atoms with van der Waals surface area (Å²) in [4.78, 5) is 45.1. The van der Waals surface area contributed by atoms with E-state index in [1.807, 2.05) is 0 Å². The standard InChI is InChI=1S/C13H10N2O7S/c16-9-2-1-8(15(21)22)5-7(9)6-10-12(19)14(13(20)23-10)4-3-11(17)18/h1-2,5-6,16H,3-4H2,(H,17,18). The van der Waals surface area contributed by atoms with Gasteiger partial charge in [0.2, 0.25) is 0 Å². The van der Waals surface area contributed by atoms with Gasteiger partial charge in [-0.1, -0.05) is 0 Å². The van der Waals surface area contributed by atoms with Crippen molar-refractivity contribution in [3.05, 3.63) is 38.8 Å². The van der Waals surface area contributed by atoms with Gasteiger partial charge in [-0.3, -0.25) is 29.4 Å². The second-order valence-electron chi connectivity index (χ2n) is 4.48. The van der Waals surface area contributed by atoms with Crippen molar-refractivity contribution >= 4 is 40.6 Å². The van der Waals surface area contributed by atoms with Crippen LogP contribution in [0.1, 0.15) is 12.0 Å². The maximum absolute atomic E-state index is 12.1. The molecule has 0 aromatic heterocycles. The first-order valence-corrected chi connectivity index (χ1v) is 7.06. The van der Waals surface area contributed by atoms with Crippen LogP contribution in [0, 0.1) is 10.1 Å². The molecule has 2 amide bonds. The van der Waals surface area contributed by atoms with Crippen molar-refractivity contribution in [3.8, 4) is 5.75 Å². The monoisotopic (exact) mass is 338 g/mol. The maximum atomic E-state index is 12.1. The van der Waals surface area contributed by atoms with E-state index >= 15 is 0 Å². The molecule has 1 aromatic rings. The molecule has 1 aliphatic rings. The highest BCUT2D eigenvalue weighted by Crippen LogP contribution is 2.34. The van der Waals surface area contributed by atoms with Crippen molar-refractivity contribution in [3.63, 3.8) is 0 Å². The summed E-state index contributed by atoms with van der Waals surface area (Å²) in [6, 6.07) is 3.28. The average molecular weight is 338 g/mol. The highest BCUT2D eigenvalue weighted by atomic mass is 32.2. The Morgan fingerprint density at radius 1 is 1.39 bits per heavy atom. The molecule has 2 N–H and O–H groups in total. The van der Waals surface area contributed by atoms with E-state index in [-0.39, 0.29) is 34.9 Å². The lowest BCUT2D eigenvalue weighted by Gasteiger charge is -2.09. The number of phenols is 1. The molecule has 0 spiro atoms. The van der Waals surface area contributed by atoms with E-state index in [9.17, 15) is 29.6 Å². The molecule has 0 unspecified atom stereocenters. The lowest BCUT2D eigenvalue weighted by atomic mass is 10.1. The number of nitro benzene ring substituents is 1. The number of carbonyl (C=O) groups is 3. The van der Waals surface area contributed by atoms with Crippen LogP contribution >= 0.6 is 11.8 Å². The van der Waals surface area contributed by atoms with Gasteiger partial charge in [-0.15, -0.1) is 0 Å². The summed E-state index contributed by atoms with van der Waals surface area (Å²) in [5.41, 5.74) is -0.262. The van der Waals surface area contributed by atoms with Crippen LogP contribution in [0.2, 0.25) is 0 Å². The number of rotatable bonds is 5. The van der Waals surface area contributed by atoms with E-state index in [0.29, 0.717) is 11.8 Å². The van der Waals surface area contributed by atoms with Crippen molar-refractivity contribution in [2.45, 2.75) is 6.42 Å². The van der Waals surface area contributed by atoms with Gasteiger partial charge < -0.3 is 10.2 Å². The molecule has 1 heterocycles. The van der Waals surface area contributed by atoms with E-state index in [4.69, 9.17) is 5.11 Å². The lowest BCUT2D eigenvalue weighted by Crippen LogP contribution is -2.30. The second-order valence-corrected chi connectivity index (χ2v) is 5.47. The Bertz CT molecular complexity index is 744. The number of thioether (sulfide) groups is 1. The van der Waals surface area contributed by atoms with Gasteiger partial charge in [0.25, 0.3) is 16.8 Å². The Labute approximate surface area is 133 Å². The first-order chi connectivity index (χ1) is 10.8. The summed E-state index contributed by atoms with van der Waals surface area (Å²) in [5, 5.41) is 28.4. The molecule has 0 bridgehead atoms. The number of hydrogen-bond donors (Lipinski definition) is 2. The van der Waals surface area contributed by atoms with E-state index in [1.54, 1.807) is 0 Å². The van der Waals surface area contributed by atoms with Gasteiger partial charge in [0.15, 0.2) is 0 Å². The predicted molar refractivity (Wildman–Crippen MR) is 79.7 cm³/mol. The number of carboxylic acids is 1. The van der Waals surface area contributed by atoms with Crippen LogP contribution in [0.5, 0.6) is 5.75 Å². The fraction of sp³-hybridized carbons (Fsp3) is 0.154. The Morgan fingerprint density at radius 3 is 2.70 bits per heavy atom. The third-order valence-electron chi connectivity index (χ3n) is 2.93. The van der Waals surface area contributed by atoms with Gasteiger partial charge in [0.1, 0.15) is 5.75 Å². The van der Waals surface area contributed by atoms with Crippen LogP contribution in [0.4, 0.5) is 10.5 Å². The molecule has 1 fully saturated rings. The van der Waals surface area contributed by atoms with Gasteiger partial charge >= 0.3 is 5.97 Å². The van der Waals surface area contributed by atoms with E-state index in [1.165, 1.54) is 0 Å². The SMILES string of the molecule is O=C(O)CCN1C(=O)SC(=Cc2cc([N+](=O)[O-])ccc2O)C1=O. The van der Waals surface area contributed by atoms with Gasteiger partial charge in [-0.25, -0.2) is 0 Å². The number of non-ortho nitro benzene ring substituents is 1. The summed E-state index contributed by atoms with van der Waals surface area (Å²) < 4.78 is 0. The minimum absolute atomic E-state index is 0.0166. The normalized spacial score (nSPS) is 16.2. The number of benzene rings is 1. The number of imide groups is 1. The quantitative estimate of drug-likeness (QED) is 0.471. The molecule has 1 aromatic carbocycles.